The van der Waals surface area contributed by atoms with Crippen LogP contribution in [0.15, 0.2) is 54.7 Å². The third-order valence-electron chi connectivity index (χ3n) is 4.93. The van der Waals surface area contributed by atoms with Crippen LogP contribution in [0.3, 0.4) is 0 Å². The van der Waals surface area contributed by atoms with Gasteiger partial charge in [-0.3, -0.25) is 9.48 Å². The first-order valence-corrected chi connectivity index (χ1v) is 10.2. The summed E-state index contributed by atoms with van der Waals surface area (Å²) in [6.45, 7) is 3.29. The molecule has 1 aromatic carbocycles. The number of fused-ring (bicyclic) bond motifs is 1. The van der Waals surface area contributed by atoms with E-state index < -0.39 is 18.0 Å². The van der Waals surface area contributed by atoms with Gasteiger partial charge in [-0.15, -0.1) is 0 Å². The fourth-order valence-electron chi connectivity index (χ4n) is 3.35. The van der Waals surface area contributed by atoms with E-state index in [4.69, 9.17) is 16.3 Å². The van der Waals surface area contributed by atoms with E-state index in [-0.39, 0.29) is 5.15 Å². The van der Waals surface area contributed by atoms with Crippen molar-refractivity contribution in [1.29, 1.82) is 0 Å². The van der Waals surface area contributed by atoms with Crippen LogP contribution in [0.5, 0.6) is 0 Å². The molecule has 0 saturated carbocycles. The average molecular weight is 450 g/mol. The van der Waals surface area contributed by atoms with Crippen LogP contribution in [0.4, 0.5) is 5.69 Å². The maximum Gasteiger partial charge on any atom is 0.339 e. The third-order valence-corrected chi connectivity index (χ3v) is 5.23. The summed E-state index contributed by atoms with van der Waals surface area (Å²) in [6.07, 6.45) is 0.440. The number of ether oxygens (including phenoxy) is 1. The minimum Gasteiger partial charge on any atom is -0.449 e. The molecule has 0 bridgehead atoms. The Morgan fingerprint density at radius 2 is 1.91 bits per heavy atom. The van der Waals surface area contributed by atoms with E-state index in [1.165, 1.54) is 13.1 Å². The number of hydrogen-bond acceptors (Lipinski definition) is 6. The standard InChI is InChI=1S/C23H20ClN5O3/c1-13-19-16(12-18(15-8-5-4-6-9-15)26-21(19)29(3)28-13)23(31)32-14(2)22(30)27-17-10-7-11-25-20(17)24/h4-12,14H,1-3H3,(H,27,30)/t14-/m0/s1. The van der Waals surface area contributed by atoms with Gasteiger partial charge in [-0.25, -0.2) is 14.8 Å². The van der Waals surface area contributed by atoms with Crippen molar-refractivity contribution in [1.82, 2.24) is 19.7 Å². The SMILES string of the molecule is Cc1nn(C)c2nc(-c3ccccc3)cc(C(=O)O[C@@H](C)C(=O)Nc3cccnc3Cl)c12. The second kappa shape index (κ2) is 8.76. The number of nitrogens with one attached hydrogen (secondary N) is 1. The molecular formula is C23H20ClN5O3. The molecule has 1 atom stereocenters. The van der Waals surface area contributed by atoms with E-state index in [2.05, 4.69) is 20.4 Å². The number of carbonyl (C=O) groups excluding carboxylic acids is 2. The number of benzene rings is 1. The number of hydrogen-bond donors (Lipinski definition) is 1. The lowest BCUT2D eigenvalue weighted by Gasteiger charge is -2.15. The molecule has 8 nitrogen and oxygen atoms in total. The van der Waals surface area contributed by atoms with Gasteiger partial charge in [0.2, 0.25) is 0 Å². The van der Waals surface area contributed by atoms with Gasteiger partial charge < -0.3 is 10.1 Å². The van der Waals surface area contributed by atoms with Gasteiger partial charge in [0.25, 0.3) is 5.91 Å². The van der Waals surface area contributed by atoms with Crippen molar-refractivity contribution in [2.45, 2.75) is 20.0 Å². The van der Waals surface area contributed by atoms with E-state index in [1.807, 2.05) is 30.3 Å². The van der Waals surface area contributed by atoms with E-state index >= 15 is 0 Å². The number of anilines is 1. The molecule has 4 rings (SSSR count). The Labute approximate surface area is 189 Å². The summed E-state index contributed by atoms with van der Waals surface area (Å²) >= 11 is 5.99. The number of esters is 1. The Bertz CT molecular complexity index is 1320. The smallest absolute Gasteiger partial charge is 0.339 e. The van der Waals surface area contributed by atoms with Gasteiger partial charge in [0.15, 0.2) is 16.9 Å². The Hall–Kier alpha value is -3.78. The van der Waals surface area contributed by atoms with E-state index in [0.717, 1.165) is 5.56 Å². The molecule has 0 aliphatic heterocycles. The van der Waals surface area contributed by atoms with Crippen LogP contribution in [0, 0.1) is 6.92 Å². The van der Waals surface area contributed by atoms with Crippen LogP contribution >= 0.6 is 11.6 Å². The zero-order chi connectivity index (χ0) is 22.8. The van der Waals surface area contributed by atoms with E-state index in [1.54, 1.807) is 36.9 Å². The molecule has 1 amide bonds. The first-order chi connectivity index (χ1) is 15.3. The topological polar surface area (TPSA) is 99.0 Å². The fourth-order valence-corrected chi connectivity index (χ4v) is 3.52. The molecular weight excluding hydrogens is 430 g/mol. The number of aromatic nitrogens is 4. The maximum absolute atomic E-state index is 13.1. The second-order valence-electron chi connectivity index (χ2n) is 7.21. The highest BCUT2D eigenvalue weighted by Crippen LogP contribution is 2.27. The molecule has 0 saturated heterocycles. The molecule has 3 heterocycles. The van der Waals surface area contributed by atoms with Gasteiger partial charge in [-0.05, 0) is 32.0 Å². The number of nitrogens with zero attached hydrogens (tertiary/aromatic N) is 4. The van der Waals surface area contributed by atoms with Crippen molar-refractivity contribution in [3.63, 3.8) is 0 Å². The summed E-state index contributed by atoms with van der Waals surface area (Å²) < 4.78 is 7.11. The molecule has 162 valence electrons. The van der Waals surface area contributed by atoms with Crippen LogP contribution in [0.1, 0.15) is 23.0 Å². The largest absolute Gasteiger partial charge is 0.449 e. The molecule has 0 aliphatic rings. The summed E-state index contributed by atoms with van der Waals surface area (Å²) in [5.74, 6) is -1.17. The maximum atomic E-state index is 13.1. The Balaban J connectivity index is 1.65. The molecule has 32 heavy (non-hydrogen) atoms. The van der Waals surface area contributed by atoms with Crippen molar-refractivity contribution >= 4 is 40.2 Å². The highest BCUT2D eigenvalue weighted by atomic mass is 35.5. The number of halogens is 1. The number of rotatable bonds is 5. The van der Waals surface area contributed by atoms with Gasteiger partial charge in [0.1, 0.15) is 0 Å². The summed E-state index contributed by atoms with van der Waals surface area (Å²) in [5.41, 5.74) is 3.27. The Kier molecular flexibility index (Phi) is 5.87. The van der Waals surface area contributed by atoms with Crippen LogP contribution in [-0.4, -0.2) is 37.7 Å². The highest BCUT2D eigenvalue weighted by Gasteiger charge is 2.24. The quantitative estimate of drug-likeness (QED) is 0.362. The zero-order valence-electron chi connectivity index (χ0n) is 17.7. The minimum atomic E-state index is -1.07. The van der Waals surface area contributed by atoms with Crippen molar-refractivity contribution in [2.75, 3.05) is 5.32 Å². The predicted octanol–water partition coefficient (Wildman–Crippen LogP) is 4.18. The van der Waals surface area contributed by atoms with Crippen LogP contribution in [-0.2, 0) is 16.6 Å². The summed E-state index contributed by atoms with van der Waals surface area (Å²) in [6, 6.07) is 14.4. The molecule has 4 aromatic rings. The van der Waals surface area contributed by atoms with Crippen LogP contribution in [0.2, 0.25) is 5.15 Å². The molecule has 1 N–H and O–H groups in total. The van der Waals surface area contributed by atoms with Crippen LogP contribution in [0.25, 0.3) is 22.3 Å². The number of amides is 1. The summed E-state index contributed by atoms with van der Waals surface area (Å²) in [4.78, 5) is 34.3. The fraction of sp³-hybridized carbons (Fsp3) is 0.174. The number of aryl methyl sites for hydroxylation is 2. The summed E-state index contributed by atoms with van der Waals surface area (Å²) in [5, 5.41) is 7.74. The third kappa shape index (κ3) is 4.17. The minimum absolute atomic E-state index is 0.147. The first kappa shape index (κ1) is 21.5. The van der Waals surface area contributed by atoms with Gasteiger partial charge in [-0.1, -0.05) is 41.9 Å². The Morgan fingerprint density at radius 1 is 1.16 bits per heavy atom. The molecule has 0 aliphatic carbocycles. The van der Waals surface area contributed by atoms with Gasteiger partial charge in [0, 0.05) is 18.8 Å². The van der Waals surface area contributed by atoms with E-state index in [0.29, 0.717) is 33.7 Å². The predicted molar refractivity (Wildman–Crippen MR) is 121 cm³/mol. The van der Waals surface area contributed by atoms with Crippen molar-refractivity contribution in [3.8, 4) is 11.3 Å². The number of pyridine rings is 2. The molecule has 0 fully saturated rings. The molecule has 0 radical (unpaired) electrons. The lowest BCUT2D eigenvalue weighted by Crippen LogP contribution is -2.30. The second-order valence-corrected chi connectivity index (χ2v) is 7.57. The highest BCUT2D eigenvalue weighted by molar-refractivity contribution is 6.32. The van der Waals surface area contributed by atoms with Crippen LogP contribution < -0.4 is 5.32 Å². The summed E-state index contributed by atoms with van der Waals surface area (Å²) in [7, 11) is 1.76. The van der Waals surface area contributed by atoms with Crippen molar-refractivity contribution < 1.29 is 14.3 Å². The first-order valence-electron chi connectivity index (χ1n) is 9.87. The monoisotopic (exact) mass is 449 g/mol. The molecule has 0 spiro atoms. The van der Waals surface area contributed by atoms with Gasteiger partial charge in [-0.2, -0.15) is 5.10 Å². The van der Waals surface area contributed by atoms with Crippen molar-refractivity contribution in [2.24, 2.45) is 7.05 Å². The average Bonchev–Trinajstić information content (AvgIpc) is 3.08. The molecule has 3 aromatic heterocycles. The molecule has 9 heteroatoms. The van der Waals surface area contributed by atoms with Crippen molar-refractivity contribution in [3.05, 3.63) is 71.1 Å². The van der Waals surface area contributed by atoms with E-state index in [9.17, 15) is 9.59 Å². The number of carbonyl (C=O) groups is 2. The molecule has 0 unspecified atom stereocenters. The zero-order valence-corrected chi connectivity index (χ0v) is 18.4. The lowest BCUT2D eigenvalue weighted by molar-refractivity contribution is -0.123. The van der Waals surface area contributed by atoms with Gasteiger partial charge in [0.05, 0.1) is 28.0 Å². The van der Waals surface area contributed by atoms with Gasteiger partial charge >= 0.3 is 5.97 Å². The normalized spacial score (nSPS) is 11.9. The lowest BCUT2D eigenvalue weighted by atomic mass is 10.1. The Morgan fingerprint density at radius 3 is 2.62 bits per heavy atom.